The van der Waals surface area contributed by atoms with Crippen molar-refractivity contribution in [3.63, 3.8) is 0 Å². The number of fused-ring (bicyclic) bond motifs is 1. The molecule has 1 atom stereocenters. The number of H-pyrrole nitrogens is 1. The number of piperidine rings is 1. The minimum atomic E-state index is -0.0279. The highest BCUT2D eigenvalue weighted by molar-refractivity contribution is 5.92. The van der Waals surface area contributed by atoms with Crippen LogP contribution in [0.15, 0.2) is 12.3 Å². The van der Waals surface area contributed by atoms with Crippen molar-refractivity contribution < 1.29 is 4.79 Å². The van der Waals surface area contributed by atoms with Crippen molar-refractivity contribution in [3.8, 4) is 0 Å². The van der Waals surface area contributed by atoms with Gasteiger partial charge in [0.1, 0.15) is 11.5 Å². The second-order valence-corrected chi connectivity index (χ2v) is 8.03. The average Bonchev–Trinajstić information content (AvgIpc) is 3.17. The van der Waals surface area contributed by atoms with Crippen molar-refractivity contribution in [3.05, 3.63) is 40.7 Å². The predicted molar refractivity (Wildman–Crippen MR) is 102 cm³/mol. The van der Waals surface area contributed by atoms with Gasteiger partial charge in [0.25, 0.3) is 5.91 Å². The van der Waals surface area contributed by atoms with E-state index in [9.17, 15) is 4.79 Å². The van der Waals surface area contributed by atoms with Crippen molar-refractivity contribution in [1.82, 2.24) is 30.0 Å². The minimum absolute atomic E-state index is 0.0279. The van der Waals surface area contributed by atoms with Crippen molar-refractivity contribution >= 4 is 5.91 Å². The van der Waals surface area contributed by atoms with Crippen LogP contribution in [-0.2, 0) is 13.0 Å². The molecule has 2 aromatic heterocycles. The molecule has 0 spiro atoms. The van der Waals surface area contributed by atoms with Gasteiger partial charge < -0.3 is 4.90 Å². The lowest BCUT2D eigenvalue weighted by Gasteiger charge is -2.32. The summed E-state index contributed by atoms with van der Waals surface area (Å²) in [4.78, 5) is 26.5. The Labute approximate surface area is 160 Å². The van der Waals surface area contributed by atoms with E-state index in [1.807, 2.05) is 17.2 Å². The fraction of sp³-hybridized carbons (Fsp3) is 0.600. The Balaban J connectivity index is 1.49. The maximum Gasteiger partial charge on any atom is 0.274 e. The number of amides is 1. The zero-order valence-corrected chi connectivity index (χ0v) is 16.4. The first-order valence-electron chi connectivity index (χ1n) is 9.92. The van der Waals surface area contributed by atoms with Gasteiger partial charge >= 0.3 is 0 Å². The maximum absolute atomic E-state index is 12.8. The molecular weight excluding hydrogens is 340 g/mol. The fourth-order valence-corrected chi connectivity index (χ4v) is 3.97. The van der Waals surface area contributed by atoms with Crippen molar-refractivity contribution in [2.24, 2.45) is 0 Å². The number of nitrogens with zero attached hydrogens (tertiary/aromatic N) is 5. The highest BCUT2D eigenvalue weighted by Gasteiger charge is 2.28. The maximum atomic E-state index is 12.8. The number of carbonyl (C=O) groups excluding carboxylic acids is 1. The van der Waals surface area contributed by atoms with Gasteiger partial charge in [-0.05, 0) is 38.4 Å². The summed E-state index contributed by atoms with van der Waals surface area (Å²) in [5.74, 6) is 1.23. The van der Waals surface area contributed by atoms with E-state index >= 15 is 0 Å². The molecule has 7 nitrogen and oxygen atoms in total. The number of aromatic amines is 1. The van der Waals surface area contributed by atoms with Gasteiger partial charge in [0.2, 0.25) is 0 Å². The summed E-state index contributed by atoms with van der Waals surface area (Å²) in [5, 5.41) is 7.16. The quantitative estimate of drug-likeness (QED) is 0.901. The Hall–Kier alpha value is -2.28. The van der Waals surface area contributed by atoms with Crippen LogP contribution in [0.25, 0.3) is 0 Å². The molecule has 2 aromatic rings. The van der Waals surface area contributed by atoms with Crippen molar-refractivity contribution in [1.29, 1.82) is 0 Å². The largest absolute Gasteiger partial charge is 0.332 e. The Morgan fingerprint density at radius 1 is 1.30 bits per heavy atom. The third kappa shape index (κ3) is 3.60. The summed E-state index contributed by atoms with van der Waals surface area (Å²) in [5.41, 5.74) is 3.62. The van der Waals surface area contributed by atoms with E-state index in [0.29, 0.717) is 30.7 Å². The van der Waals surface area contributed by atoms with Crippen LogP contribution < -0.4 is 0 Å². The molecule has 7 heteroatoms. The molecule has 4 heterocycles. The van der Waals surface area contributed by atoms with Crippen LogP contribution in [0, 0.1) is 0 Å². The highest BCUT2D eigenvalue weighted by atomic mass is 16.2. The van der Waals surface area contributed by atoms with Gasteiger partial charge in [0.15, 0.2) is 0 Å². The number of aromatic nitrogens is 4. The van der Waals surface area contributed by atoms with Crippen molar-refractivity contribution in [2.45, 2.75) is 58.0 Å². The van der Waals surface area contributed by atoms with Crippen LogP contribution in [0.5, 0.6) is 0 Å². The molecule has 1 N–H and O–H groups in total. The molecule has 1 amide bonds. The molecule has 2 aliphatic rings. The normalized spacial score (nSPS) is 20.7. The zero-order chi connectivity index (χ0) is 19.0. The molecule has 0 unspecified atom stereocenters. The van der Waals surface area contributed by atoms with Gasteiger partial charge in [0, 0.05) is 37.0 Å². The number of likely N-dealkylation sites (tertiary alicyclic amines) is 1. The summed E-state index contributed by atoms with van der Waals surface area (Å²) in [6, 6.07) is 2.18. The summed E-state index contributed by atoms with van der Waals surface area (Å²) in [7, 11) is 2.16. The van der Waals surface area contributed by atoms with Gasteiger partial charge in [-0.15, -0.1) is 0 Å². The number of hydrogen-bond acceptors (Lipinski definition) is 5. The molecule has 2 aliphatic heterocycles. The number of carbonyl (C=O) groups is 1. The lowest BCUT2D eigenvalue weighted by molar-refractivity contribution is 0.0726. The van der Waals surface area contributed by atoms with Gasteiger partial charge in [-0.25, -0.2) is 9.97 Å². The van der Waals surface area contributed by atoms with Gasteiger partial charge in [-0.3, -0.25) is 14.8 Å². The lowest BCUT2D eigenvalue weighted by atomic mass is 10.0. The van der Waals surface area contributed by atoms with Crippen LogP contribution in [0.1, 0.15) is 78.3 Å². The number of rotatable bonds is 3. The third-order valence-electron chi connectivity index (χ3n) is 5.75. The van der Waals surface area contributed by atoms with E-state index in [2.05, 4.69) is 41.0 Å². The van der Waals surface area contributed by atoms with Crippen LogP contribution in [0.4, 0.5) is 0 Å². The average molecular weight is 368 g/mol. The Morgan fingerprint density at radius 2 is 2.15 bits per heavy atom. The first kappa shape index (κ1) is 18.1. The fourth-order valence-electron chi connectivity index (χ4n) is 3.97. The molecule has 4 rings (SSSR count). The van der Waals surface area contributed by atoms with Crippen LogP contribution in [0.2, 0.25) is 0 Å². The van der Waals surface area contributed by atoms with Gasteiger partial charge in [-0.1, -0.05) is 20.3 Å². The molecule has 0 radical (unpaired) electrons. The second-order valence-electron chi connectivity index (χ2n) is 8.03. The van der Waals surface area contributed by atoms with E-state index in [4.69, 9.17) is 4.98 Å². The smallest absolute Gasteiger partial charge is 0.274 e. The SMILES string of the molecule is CC(C)c1cc(C(=O)N2CCc3nc([C@@H]4CCCCN4C)ncc3C2)n[nH]1. The van der Waals surface area contributed by atoms with E-state index in [1.54, 1.807) is 0 Å². The molecule has 0 aliphatic carbocycles. The lowest BCUT2D eigenvalue weighted by Crippen LogP contribution is -2.37. The number of nitrogens with one attached hydrogen (secondary N) is 1. The Bertz CT molecular complexity index is 830. The highest BCUT2D eigenvalue weighted by Crippen LogP contribution is 2.28. The molecular formula is C20H28N6O. The Morgan fingerprint density at radius 3 is 2.89 bits per heavy atom. The first-order chi connectivity index (χ1) is 13.0. The monoisotopic (exact) mass is 368 g/mol. The van der Waals surface area contributed by atoms with E-state index in [1.165, 1.54) is 12.8 Å². The third-order valence-corrected chi connectivity index (χ3v) is 5.75. The Kier molecular flexibility index (Phi) is 4.95. The minimum Gasteiger partial charge on any atom is -0.332 e. The summed E-state index contributed by atoms with van der Waals surface area (Å²) < 4.78 is 0. The molecule has 1 fully saturated rings. The summed E-state index contributed by atoms with van der Waals surface area (Å²) in [6.45, 7) is 6.50. The van der Waals surface area contributed by atoms with E-state index in [-0.39, 0.29) is 5.91 Å². The first-order valence-corrected chi connectivity index (χ1v) is 9.92. The molecule has 144 valence electrons. The van der Waals surface area contributed by atoms with Crippen LogP contribution in [0.3, 0.4) is 0 Å². The molecule has 1 saturated heterocycles. The standard InChI is InChI=1S/C20H28N6O/c1-13(2)16-10-17(24-23-16)20(27)26-9-7-15-14(12-26)11-21-19(22-15)18-6-4-5-8-25(18)3/h10-11,13,18H,4-9,12H2,1-3H3,(H,23,24)/t18-/m0/s1. The summed E-state index contributed by atoms with van der Waals surface area (Å²) >= 11 is 0. The van der Waals surface area contributed by atoms with Crippen molar-refractivity contribution in [2.75, 3.05) is 20.1 Å². The molecule has 0 saturated carbocycles. The summed E-state index contributed by atoms with van der Waals surface area (Å²) in [6.07, 6.45) is 6.30. The predicted octanol–water partition coefficient (Wildman–Crippen LogP) is 2.68. The topological polar surface area (TPSA) is 78.0 Å². The van der Waals surface area contributed by atoms with E-state index in [0.717, 1.165) is 42.2 Å². The molecule has 0 aromatic carbocycles. The zero-order valence-electron chi connectivity index (χ0n) is 16.4. The molecule has 0 bridgehead atoms. The second kappa shape index (κ2) is 7.38. The van der Waals surface area contributed by atoms with Gasteiger partial charge in [0.05, 0.1) is 11.7 Å². The van der Waals surface area contributed by atoms with E-state index < -0.39 is 0 Å². The molecule has 27 heavy (non-hydrogen) atoms. The van der Waals surface area contributed by atoms with Gasteiger partial charge in [-0.2, -0.15) is 5.10 Å². The van der Waals surface area contributed by atoms with Crippen LogP contribution in [-0.4, -0.2) is 56.0 Å². The van der Waals surface area contributed by atoms with Crippen LogP contribution >= 0.6 is 0 Å². The number of hydrogen-bond donors (Lipinski definition) is 1.